The summed E-state index contributed by atoms with van der Waals surface area (Å²) in [6, 6.07) is 10.9. The average Bonchev–Trinajstić information content (AvgIpc) is 2.76. The summed E-state index contributed by atoms with van der Waals surface area (Å²) in [4.78, 5) is 13.0. The predicted molar refractivity (Wildman–Crippen MR) is 113 cm³/mol. The van der Waals surface area contributed by atoms with Gasteiger partial charge < -0.3 is 24.3 Å². The summed E-state index contributed by atoms with van der Waals surface area (Å²) in [6.45, 7) is 3.61. The molecule has 0 aliphatic rings. The van der Waals surface area contributed by atoms with Gasteiger partial charge in [0.1, 0.15) is 0 Å². The highest BCUT2D eigenvalue weighted by Crippen LogP contribution is 2.40. The Morgan fingerprint density at radius 2 is 1.66 bits per heavy atom. The molecule has 0 radical (unpaired) electrons. The van der Waals surface area contributed by atoms with E-state index in [1.807, 2.05) is 25.1 Å². The third-order valence-electron chi connectivity index (χ3n) is 4.31. The maximum absolute atomic E-state index is 13.0. The number of hydrogen-bond acceptors (Lipinski definition) is 7. The van der Waals surface area contributed by atoms with Gasteiger partial charge in [-0.15, -0.1) is 0 Å². The number of para-hydroxylation sites is 1. The molecule has 8 heteroatoms. The van der Waals surface area contributed by atoms with Crippen molar-refractivity contribution < 1.29 is 23.7 Å². The van der Waals surface area contributed by atoms with Crippen LogP contribution in [0.1, 0.15) is 17.3 Å². The Morgan fingerprint density at radius 1 is 1.00 bits per heavy atom. The molecule has 0 spiro atoms. The normalized spacial score (nSPS) is 10.2. The minimum absolute atomic E-state index is 0.235. The lowest BCUT2D eigenvalue weighted by Gasteiger charge is -2.26. The number of benzene rings is 2. The summed E-state index contributed by atoms with van der Waals surface area (Å²) in [7, 11) is 6.29. The predicted octanol–water partition coefficient (Wildman–Crippen LogP) is 2.94. The zero-order valence-corrected chi connectivity index (χ0v) is 17.6. The first-order valence-electron chi connectivity index (χ1n) is 9.29. The average molecular weight is 403 g/mol. The van der Waals surface area contributed by atoms with E-state index < -0.39 is 0 Å². The van der Waals surface area contributed by atoms with Gasteiger partial charge >= 0.3 is 0 Å². The number of hydrazine groups is 1. The number of ether oxygens (including phenoxy) is 4. The van der Waals surface area contributed by atoms with Crippen molar-refractivity contribution >= 4 is 17.3 Å². The highest BCUT2D eigenvalue weighted by atomic mass is 16.5. The van der Waals surface area contributed by atoms with Gasteiger partial charge in [-0.25, -0.2) is 0 Å². The van der Waals surface area contributed by atoms with Gasteiger partial charge in [0.05, 0.1) is 39.2 Å². The van der Waals surface area contributed by atoms with Crippen LogP contribution in [0.5, 0.6) is 17.2 Å². The lowest BCUT2D eigenvalue weighted by molar-refractivity contribution is 0.0950. The molecule has 0 heterocycles. The van der Waals surface area contributed by atoms with Crippen molar-refractivity contribution in [2.45, 2.75) is 6.92 Å². The Kier molecular flexibility index (Phi) is 8.42. The van der Waals surface area contributed by atoms with Crippen molar-refractivity contribution in [1.82, 2.24) is 5.43 Å². The smallest absolute Gasteiger partial charge is 0.271 e. The monoisotopic (exact) mass is 403 g/mol. The van der Waals surface area contributed by atoms with Crippen LogP contribution in [-0.4, -0.2) is 54.0 Å². The number of methoxy groups -OCH3 is 4. The summed E-state index contributed by atoms with van der Waals surface area (Å²) in [5.41, 5.74) is 4.93. The molecule has 2 rings (SSSR count). The fourth-order valence-corrected chi connectivity index (χ4v) is 2.86. The zero-order valence-electron chi connectivity index (χ0n) is 17.6. The molecule has 29 heavy (non-hydrogen) atoms. The number of carbonyl (C=O) groups is 1. The Labute approximate surface area is 171 Å². The molecule has 0 atom stereocenters. The van der Waals surface area contributed by atoms with Crippen LogP contribution in [0.15, 0.2) is 36.4 Å². The molecule has 0 bridgehead atoms. The second kappa shape index (κ2) is 11.0. The first kappa shape index (κ1) is 22.2. The van der Waals surface area contributed by atoms with Crippen molar-refractivity contribution in [1.29, 1.82) is 0 Å². The molecule has 0 aromatic heterocycles. The van der Waals surface area contributed by atoms with Crippen LogP contribution in [0.2, 0.25) is 0 Å². The standard InChI is InChI=1S/C21H29N3O5/c1-6-24(15-13-18(27-3)20(29-5)19(14-15)28-4)23-21(25)16-9-7-8-10-17(16)22-11-12-26-2/h7-10,13-14,22H,6,11-12H2,1-5H3,(H,23,25). The number of nitrogens with zero attached hydrogens (tertiary/aromatic N) is 1. The van der Waals surface area contributed by atoms with E-state index in [0.717, 1.165) is 5.69 Å². The van der Waals surface area contributed by atoms with Crippen molar-refractivity contribution in [3.8, 4) is 17.2 Å². The number of rotatable bonds is 11. The van der Waals surface area contributed by atoms with Crippen LogP contribution in [-0.2, 0) is 4.74 Å². The second-order valence-corrected chi connectivity index (χ2v) is 6.03. The molecule has 8 nitrogen and oxygen atoms in total. The lowest BCUT2D eigenvalue weighted by atomic mass is 10.1. The second-order valence-electron chi connectivity index (χ2n) is 6.03. The van der Waals surface area contributed by atoms with Crippen LogP contribution in [0.3, 0.4) is 0 Å². The summed E-state index contributed by atoms with van der Waals surface area (Å²) in [5, 5.41) is 4.94. The number of carbonyl (C=O) groups excluding carboxylic acids is 1. The van der Waals surface area contributed by atoms with Crippen molar-refractivity contribution in [3.63, 3.8) is 0 Å². The van der Waals surface area contributed by atoms with Gasteiger partial charge in [-0.3, -0.25) is 15.2 Å². The Hall–Kier alpha value is -3.13. The van der Waals surface area contributed by atoms with Gasteiger partial charge in [0, 0.05) is 38.0 Å². The molecule has 0 fully saturated rings. The van der Waals surface area contributed by atoms with E-state index >= 15 is 0 Å². The van der Waals surface area contributed by atoms with Crippen molar-refractivity contribution in [2.75, 3.05) is 58.5 Å². The molecule has 158 valence electrons. The topological polar surface area (TPSA) is 81.3 Å². The Balaban J connectivity index is 2.27. The van der Waals surface area contributed by atoms with Gasteiger partial charge in [0.25, 0.3) is 5.91 Å². The third-order valence-corrected chi connectivity index (χ3v) is 4.31. The van der Waals surface area contributed by atoms with Gasteiger partial charge in [-0.05, 0) is 19.1 Å². The van der Waals surface area contributed by atoms with Crippen molar-refractivity contribution in [2.24, 2.45) is 0 Å². The molecule has 0 saturated carbocycles. The summed E-state index contributed by atoms with van der Waals surface area (Å²) in [6.07, 6.45) is 0. The molecule has 0 unspecified atom stereocenters. The van der Waals surface area contributed by atoms with Crippen LogP contribution in [0.4, 0.5) is 11.4 Å². The van der Waals surface area contributed by atoms with Crippen LogP contribution in [0, 0.1) is 0 Å². The molecule has 1 amide bonds. The van der Waals surface area contributed by atoms with Gasteiger partial charge in [0.2, 0.25) is 5.75 Å². The number of anilines is 2. The lowest BCUT2D eigenvalue weighted by Crippen LogP contribution is -2.42. The van der Waals surface area contributed by atoms with E-state index in [1.54, 1.807) is 51.6 Å². The summed E-state index contributed by atoms with van der Waals surface area (Å²) >= 11 is 0. The molecule has 0 aliphatic heterocycles. The largest absolute Gasteiger partial charge is 0.493 e. The highest BCUT2D eigenvalue weighted by molar-refractivity contribution is 6.00. The maximum Gasteiger partial charge on any atom is 0.271 e. The van der Waals surface area contributed by atoms with Crippen LogP contribution >= 0.6 is 0 Å². The van der Waals surface area contributed by atoms with E-state index in [1.165, 1.54) is 0 Å². The van der Waals surface area contributed by atoms with Crippen LogP contribution < -0.4 is 30.0 Å². The zero-order chi connectivity index (χ0) is 21.2. The summed E-state index contributed by atoms with van der Waals surface area (Å²) in [5.74, 6) is 1.28. The van der Waals surface area contributed by atoms with Crippen LogP contribution in [0.25, 0.3) is 0 Å². The molecule has 0 aliphatic carbocycles. The van der Waals surface area contributed by atoms with E-state index in [4.69, 9.17) is 18.9 Å². The molecule has 2 N–H and O–H groups in total. The molecule has 2 aromatic rings. The van der Waals surface area contributed by atoms with E-state index in [0.29, 0.717) is 48.2 Å². The fourth-order valence-electron chi connectivity index (χ4n) is 2.86. The highest BCUT2D eigenvalue weighted by Gasteiger charge is 2.19. The number of hydrogen-bond donors (Lipinski definition) is 2. The van der Waals surface area contributed by atoms with Crippen molar-refractivity contribution in [3.05, 3.63) is 42.0 Å². The first-order chi connectivity index (χ1) is 14.1. The van der Waals surface area contributed by atoms with Gasteiger partial charge in [-0.1, -0.05) is 12.1 Å². The van der Waals surface area contributed by atoms with Gasteiger partial charge in [0.15, 0.2) is 11.5 Å². The number of nitrogens with one attached hydrogen (secondary N) is 2. The minimum Gasteiger partial charge on any atom is -0.493 e. The molecular weight excluding hydrogens is 374 g/mol. The Bertz CT molecular complexity index is 788. The molecule has 2 aromatic carbocycles. The number of amides is 1. The van der Waals surface area contributed by atoms with E-state index in [9.17, 15) is 4.79 Å². The quantitative estimate of drug-likeness (QED) is 0.441. The van der Waals surface area contributed by atoms with E-state index in [2.05, 4.69) is 10.7 Å². The SMILES string of the molecule is CCN(NC(=O)c1ccccc1NCCOC)c1cc(OC)c(OC)c(OC)c1. The Morgan fingerprint density at radius 3 is 2.21 bits per heavy atom. The molecular formula is C21H29N3O5. The van der Waals surface area contributed by atoms with Gasteiger partial charge in [-0.2, -0.15) is 0 Å². The van der Waals surface area contributed by atoms with E-state index in [-0.39, 0.29) is 5.91 Å². The minimum atomic E-state index is -0.235. The third kappa shape index (κ3) is 5.45. The fraction of sp³-hybridized carbons (Fsp3) is 0.381. The molecule has 0 saturated heterocycles. The summed E-state index contributed by atoms with van der Waals surface area (Å²) < 4.78 is 21.2. The first-order valence-corrected chi connectivity index (χ1v) is 9.29. The maximum atomic E-state index is 13.0.